The monoisotopic (exact) mass is 442 g/mol. The minimum Gasteiger partial charge on any atom is -0.271 e. The van der Waals surface area contributed by atoms with E-state index in [2.05, 4.69) is 20.3 Å². The molecule has 5 rings (SSSR count). The number of benzene rings is 1. The number of carbonyl (C=O) groups is 2. The second kappa shape index (κ2) is 8.65. The van der Waals surface area contributed by atoms with Gasteiger partial charge in [-0.25, -0.2) is 10.0 Å². The fourth-order valence-electron chi connectivity index (χ4n) is 3.80. The van der Waals surface area contributed by atoms with Gasteiger partial charge >= 0.3 is 0 Å². The van der Waals surface area contributed by atoms with E-state index in [1.807, 2.05) is 48.5 Å². The maximum atomic E-state index is 13.3. The van der Waals surface area contributed by atoms with Crippen molar-refractivity contribution < 1.29 is 9.59 Å². The van der Waals surface area contributed by atoms with E-state index in [0.717, 1.165) is 16.9 Å². The summed E-state index contributed by atoms with van der Waals surface area (Å²) >= 11 is 0. The minimum absolute atomic E-state index is 0.0275. The standard InChI is InChI=1S/C23H22N8O2/c1-17-22(27-31(25-17)19-8-3-2-4-9-19)23(33)30-13-6-12-29(30)21(32)16-28-14-10-20(26-28)18-7-5-11-24-15-18/h2-5,7-11,14-15H,6,12-13,16H2,1H3. The van der Waals surface area contributed by atoms with E-state index >= 15 is 0 Å². The highest BCUT2D eigenvalue weighted by Crippen LogP contribution is 2.18. The highest BCUT2D eigenvalue weighted by atomic mass is 16.2. The lowest BCUT2D eigenvalue weighted by Crippen LogP contribution is -2.46. The van der Waals surface area contributed by atoms with Crippen molar-refractivity contribution in [2.45, 2.75) is 19.9 Å². The molecule has 1 fully saturated rings. The van der Waals surface area contributed by atoms with Crippen molar-refractivity contribution in [2.75, 3.05) is 13.1 Å². The molecule has 1 aliphatic heterocycles. The average Bonchev–Trinajstić information content (AvgIpc) is 3.60. The van der Waals surface area contributed by atoms with Crippen LogP contribution in [0.4, 0.5) is 0 Å². The number of hydrogen-bond acceptors (Lipinski definition) is 6. The van der Waals surface area contributed by atoms with E-state index in [-0.39, 0.29) is 24.1 Å². The predicted octanol–water partition coefficient (Wildman–Crippen LogP) is 2.12. The minimum atomic E-state index is -0.336. The van der Waals surface area contributed by atoms with Crippen LogP contribution < -0.4 is 0 Å². The molecule has 0 atom stereocenters. The second-order valence-corrected chi connectivity index (χ2v) is 7.70. The molecule has 2 amide bonds. The van der Waals surface area contributed by atoms with Crippen LogP contribution in [0.2, 0.25) is 0 Å². The second-order valence-electron chi connectivity index (χ2n) is 7.70. The fourth-order valence-corrected chi connectivity index (χ4v) is 3.80. The van der Waals surface area contributed by atoms with Gasteiger partial charge in [0.1, 0.15) is 6.54 Å². The van der Waals surface area contributed by atoms with Gasteiger partial charge in [-0.3, -0.25) is 19.3 Å². The van der Waals surface area contributed by atoms with Gasteiger partial charge in [0.25, 0.3) is 11.8 Å². The molecule has 0 N–H and O–H groups in total. The maximum absolute atomic E-state index is 13.3. The first-order valence-electron chi connectivity index (χ1n) is 10.7. The highest BCUT2D eigenvalue weighted by Gasteiger charge is 2.34. The van der Waals surface area contributed by atoms with E-state index in [0.29, 0.717) is 25.2 Å². The van der Waals surface area contributed by atoms with Crippen molar-refractivity contribution in [3.8, 4) is 16.9 Å². The van der Waals surface area contributed by atoms with Crippen LogP contribution in [0, 0.1) is 6.92 Å². The van der Waals surface area contributed by atoms with Gasteiger partial charge in [0, 0.05) is 37.2 Å². The normalized spacial score (nSPS) is 13.5. The zero-order valence-corrected chi connectivity index (χ0v) is 18.1. The molecule has 1 aromatic carbocycles. The van der Waals surface area contributed by atoms with Gasteiger partial charge in [-0.15, -0.1) is 5.10 Å². The number of nitrogens with zero attached hydrogens (tertiary/aromatic N) is 8. The Kier molecular flexibility index (Phi) is 5.39. The maximum Gasteiger partial charge on any atom is 0.294 e. The Morgan fingerprint density at radius 1 is 0.939 bits per heavy atom. The van der Waals surface area contributed by atoms with Gasteiger partial charge in [-0.2, -0.15) is 15.0 Å². The van der Waals surface area contributed by atoms with Gasteiger partial charge in [0.05, 0.1) is 17.1 Å². The molecular formula is C23H22N8O2. The Bertz CT molecular complexity index is 1280. The molecule has 4 heterocycles. The Morgan fingerprint density at radius 3 is 2.55 bits per heavy atom. The molecular weight excluding hydrogens is 420 g/mol. The molecule has 166 valence electrons. The largest absolute Gasteiger partial charge is 0.294 e. The van der Waals surface area contributed by atoms with E-state index in [4.69, 9.17) is 0 Å². The molecule has 0 aliphatic carbocycles. The first-order valence-corrected chi connectivity index (χ1v) is 10.7. The number of carbonyl (C=O) groups excluding carboxylic acids is 2. The molecule has 1 aliphatic rings. The summed E-state index contributed by atoms with van der Waals surface area (Å²) in [6.07, 6.45) is 5.87. The number of pyridine rings is 1. The SMILES string of the molecule is Cc1nn(-c2ccccc2)nc1C(=O)N1CCCN1C(=O)Cn1ccc(-c2cccnc2)n1. The van der Waals surface area contributed by atoms with Crippen LogP contribution in [0.1, 0.15) is 22.6 Å². The van der Waals surface area contributed by atoms with Crippen LogP contribution in [-0.4, -0.2) is 64.7 Å². The van der Waals surface area contributed by atoms with Crippen LogP contribution in [0.15, 0.2) is 67.1 Å². The van der Waals surface area contributed by atoms with Crippen molar-refractivity contribution in [1.29, 1.82) is 0 Å². The van der Waals surface area contributed by atoms with Gasteiger partial charge in [0.15, 0.2) is 5.69 Å². The summed E-state index contributed by atoms with van der Waals surface area (Å²) in [6, 6.07) is 15.0. The lowest BCUT2D eigenvalue weighted by Gasteiger charge is -2.27. The van der Waals surface area contributed by atoms with Gasteiger partial charge < -0.3 is 0 Å². The molecule has 0 unspecified atom stereocenters. The third kappa shape index (κ3) is 4.10. The molecule has 0 bridgehead atoms. The van der Waals surface area contributed by atoms with Crippen LogP contribution in [0.5, 0.6) is 0 Å². The summed E-state index contributed by atoms with van der Waals surface area (Å²) in [5.74, 6) is -0.549. The van der Waals surface area contributed by atoms with E-state index in [1.165, 1.54) is 14.8 Å². The van der Waals surface area contributed by atoms with Crippen LogP contribution >= 0.6 is 0 Å². The quantitative estimate of drug-likeness (QED) is 0.469. The number of amides is 2. The predicted molar refractivity (Wildman–Crippen MR) is 119 cm³/mol. The van der Waals surface area contributed by atoms with Crippen molar-refractivity contribution in [3.05, 3.63) is 78.5 Å². The van der Waals surface area contributed by atoms with Crippen molar-refractivity contribution in [3.63, 3.8) is 0 Å². The van der Waals surface area contributed by atoms with Crippen LogP contribution in [-0.2, 0) is 11.3 Å². The van der Waals surface area contributed by atoms with Gasteiger partial charge in [-0.1, -0.05) is 18.2 Å². The first kappa shape index (κ1) is 20.6. The van der Waals surface area contributed by atoms with Gasteiger partial charge in [0.2, 0.25) is 0 Å². The smallest absolute Gasteiger partial charge is 0.271 e. The third-order valence-electron chi connectivity index (χ3n) is 5.42. The lowest BCUT2D eigenvalue weighted by molar-refractivity contribution is -0.141. The number of para-hydroxylation sites is 1. The number of aromatic nitrogens is 6. The number of hydrazine groups is 1. The molecule has 1 saturated heterocycles. The van der Waals surface area contributed by atoms with E-state index < -0.39 is 0 Å². The van der Waals surface area contributed by atoms with Crippen LogP contribution in [0.25, 0.3) is 16.9 Å². The first-order chi connectivity index (χ1) is 16.1. The molecule has 10 heteroatoms. The topological polar surface area (TPSA) is 102 Å². The summed E-state index contributed by atoms with van der Waals surface area (Å²) < 4.78 is 1.57. The molecule has 10 nitrogen and oxygen atoms in total. The van der Waals surface area contributed by atoms with Crippen molar-refractivity contribution in [2.24, 2.45) is 0 Å². The molecule has 33 heavy (non-hydrogen) atoms. The molecule has 3 aromatic heterocycles. The lowest BCUT2D eigenvalue weighted by atomic mass is 10.2. The van der Waals surface area contributed by atoms with Crippen LogP contribution in [0.3, 0.4) is 0 Å². The molecule has 4 aromatic rings. The Labute approximate surface area is 190 Å². The fraction of sp³-hybridized carbons (Fsp3) is 0.217. The van der Waals surface area contributed by atoms with Crippen molar-refractivity contribution >= 4 is 11.8 Å². The third-order valence-corrected chi connectivity index (χ3v) is 5.42. The van der Waals surface area contributed by atoms with E-state index in [1.54, 1.807) is 30.2 Å². The summed E-state index contributed by atoms with van der Waals surface area (Å²) in [5, 5.41) is 16.2. The average molecular weight is 442 g/mol. The number of rotatable bonds is 5. The Balaban J connectivity index is 1.31. The van der Waals surface area contributed by atoms with Gasteiger partial charge in [-0.05, 0) is 43.7 Å². The zero-order chi connectivity index (χ0) is 22.8. The highest BCUT2D eigenvalue weighted by molar-refractivity contribution is 5.94. The number of aryl methyl sites for hydroxylation is 1. The summed E-state index contributed by atoms with van der Waals surface area (Å²) in [4.78, 5) is 31.8. The van der Waals surface area contributed by atoms with Crippen molar-refractivity contribution in [1.82, 2.24) is 39.8 Å². The number of hydrogen-bond donors (Lipinski definition) is 0. The Hall–Kier alpha value is -4.34. The summed E-state index contributed by atoms with van der Waals surface area (Å²) in [6.45, 7) is 2.68. The van der Waals surface area contributed by atoms with E-state index in [9.17, 15) is 9.59 Å². The summed E-state index contributed by atoms with van der Waals surface area (Å²) in [7, 11) is 0. The zero-order valence-electron chi connectivity index (χ0n) is 18.1. The molecule has 0 spiro atoms. The summed E-state index contributed by atoms with van der Waals surface area (Å²) in [5.41, 5.74) is 3.11. The Morgan fingerprint density at radius 2 is 1.76 bits per heavy atom. The molecule has 0 radical (unpaired) electrons. The molecule has 0 saturated carbocycles.